The first kappa shape index (κ1) is 8.57. The van der Waals surface area contributed by atoms with Crippen molar-refractivity contribution in [1.29, 1.82) is 0 Å². The maximum absolute atomic E-state index is 5.96. The molecule has 0 aliphatic carbocycles. The van der Waals surface area contributed by atoms with E-state index in [0.29, 0.717) is 5.41 Å². The van der Waals surface area contributed by atoms with Crippen LogP contribution >= 0.6 is 11.6 Å². The quantitative estimate of drug-likeness (QED) is 0.682. The van der Waals surface area contributed by atoms with Crippen molar-refractivity contribution in [3.8, 4) is 0 Å². The molecule has 2 nitrogen and oxygen atoms in total. The zero-order chi connectivity index (χ0) is 9.60. The van der Waals surface area contributed by atoms with Crippen LogP contribution in [0.25, 0.3) is 0 Å². The zero-order valence-electron chi connectivity index (χ0n) is 7.94. The molecule has 14 heavy (non-hydrogen) atoms. The largest absolute Gasteiger partial charge is 0.384 e. The number of hydrogen-bond donors (Lipinski definition) is 2. The molecule has 2 N–H and O–H groups in total. The smallest absolute Gasteiger partial charge is 0.0426 e. The number of anilines is 1. The molecule has 1 fully saturated rings. The summed E-state index contributed by atoms with van der Waals surface area (Å²) in [4.78, 5) is 0. The van der Waals surface area contributed by atoms with Crippen LogP contribution in [0, 0.1) is 0 Å². The van der Waals surface area contributed by atoms with E-state index in [1.165, 1.54) is 17.7 Å². The fourth-order valence-electron chi connectivity index (χ4n) is 2.61. The van der Waals surface area contributed by atoms with Gasteiger partial charge in [0.25, 0.3) is 0 Å². The molecule has 0 aromatic heterocycles. The minimum absolute atomic E-state index is 0.333. The Balaban J connectivity index is 2.09. The highest BCUT2D eigenvalue weighted by Crippen LogP contribution is 2.41. The molecule has 74 valence electrons. The van der Waals surface area contributed by atoms with Gasteiger partial charge in [0.05, 0.1) is 0 Å². The first-order chi connectivity index (χ1) is 6.80. The van der Waals surface area contributed by atoms with Gasteiger partial charge in [0, 0.05) is 29.2 Å². The Labute approximate surface area is 88.6 Å². The molecular weight excluding hydrogens is 196 g/mol. The lowest BCUT2D eigenvalue weighted by Gasteiger charge is -2.21. The van der Waals surface area contributed by atoms with Crippen LogP contribution in [0.15, 0.2) is 18.2 Å². The van der Waals surface area contributed by atoms with E-state index in [9.17, 15) is 0 Å². The van der Waals surface area contributed by atoms with Gasteiger partial charge < -0.3 is 10.6 Å². The van der Waals surface area contributed by atoms with Gasteiger partial charge in [-0.25, -0.2) is 0 Å². The summed E-state index contributed by atoms with van der Waals surface area (Å²) in [6.07, 6.45) is 1.23. The van der Waals surface area contributed by atoms with Crippen LogP contribution in [0.1, 0.15) is 12.0 Å². The maximum Gasteiger partial charge on any atom is 0.0426 e. The Morgan fingerprint density at radius 2 is 2.21 bits per heavy atom. The van der Waals surface area contributed by atoms with Crippen molar-refractivity contribution in [1.82, 2.24) is 5.32 Å². The van der Waals surface area contributed by atoms with Gasteiger partial charge in [-0.15, -0.1) is 0 Å². The molecule has 3 rings (SSSR count). The summed E-state index contributed by atoms with van der Waals surface area (Å²) >= 11 is 5.96. The molecular formula is C11H13ClN2. The predicted octanol–water partition coefficient (Wildman–Crippen LogP) is 2.00. The van der Waals surface area contributed by atoms with Crippen LogP contribution in [0.3, 0.4) is 0 Å². The highest BCUT2D eigenvalue weighted by Gasteiger charge is 2.40. The molecule has 1 spiro atoms. The first-order valence-corrected chi connectivity index (χ1v) is 5.43. The highest BCUT2D eigenvalue weighted by molar-refractivity contribution is 6.30. The zero-order valence-corrected chi connectivity index (χ0v) is 8.69. The van der Waals surface area contributed by atoms with E-state index in [-0.39, 0.29) is 0 Å². The van der Waals surface area contributed by atoms with Gasteiger partial charge in [0.1, 0.15) is 0 Å². The average Bonchev–Trinajstić information content (AvgIpc) is 2.77. The summed E-state index contributed by atoms with van der Waals surface area (Å²) in [6.45, 7) is 3.27. The summed E-state index contributed by atoms with van der Waals surface area (Å²) in [7, 11) is 0. The van der Waals surface area contributed by atoms with Crippen LogP contribution in [-0.2, 0) is 5.41 Å². The van der Waals surface area contributed by atoms with Crippen molar-refractivity contribution in [2.24, 2.45) is 0 Å². The van der Waals surface area contributed by atoms with E-state index in [4.69, 9.17) is 11.6 Å². The standard InChI is InChI=1S/C11H13ClN2/c12-8-1-2-9-10(5-8)14-7-11(9)3-4-13-6-11/h1-2,5,13-14H,3-4,6-7H2/t11-/m0/s1. The molecule has 3 heteroatoms. The number of benzene rings is 1. The van der Waals surface area contributed by atoms with Crippen LogP contribution in [0.2, 0.25) is 5.02 Å². The molecule has 1 aromatic carbocycles. The molecule has 1 aromatic rings. The van der Waals surface area contributed by atoms with Gasteiger partial charge in [-0.05, 0) is 30.7 Å². The molecule has 0 saturated carbocycles. The lowest BCUT2D eigenvalue weighted by molar-refractivity contribution is 0.522. The third kappa shape index (κ3) is 1.07. The molecule has 0 bridgehead atoms. The number of rotatable bonds is 0. The van der Waals surface area contributed by atoms with Crippen molar-refractivity contribution in [2.75, 3.05) is 25.0 Å². The van der Waals surface area contributed by atoms with Crippen molar-refractivity contribution in [3.05, 3.63) is 28.8 Å². The third-order valence-corrected chi connectivity index (χ3v) is 3.65. The Morgan fingerprint density at radius 1 is 1.29 bits per heavy atom. The van der Waals surface area contributed by atoms with Gasteiger partial charge in [0.15, 0.2) is 0 Å². The summed E-state index contributed by atoms with van der Waals surface area (Å²) in [6, 6.07) is 6.20. The Morgan fingerprint density at radius 3 is 3.00 bits per heavy atom. The maximum atomic E-state index is 5.96. The number of nitrogens with one attached hydrogen (secondary N) is 2. The number of fused-ring (bicyclic) bond motifs is 2. The fraction of sp³-hybridized carbons (Fsp3) is 0.455. The van der Waals surface area contributed by atoms with E-state index in [2.05, 4.69) is 16.7 Å². The van der Waals surface area contributed by atoms with E-state index >= 15 is 0 Å². The van der Waals surface area contributed by atoms with Gasteiger partial charge in [-0.3, -0.25) is 0 Å². The Bertz CT molecular complexity index is 370. The van der Waals surface area contributed by atoms with Crippen LogP contribution < -0.4 is 10.6 Å². The minimum Gasteiger partial charge on any atom is -0.384 e. The second kappa shape index (κ2) is 2.88. The van der Waals surface area contributed by atoms with Crippen molar-refractivity contribution in [2.45, 2.75) is 11.8 Å². The van der Waals surface area contributed by atoms with Crippen molar-refractivity contribution in [3.63, 3.8) is 0 Å². The van der Waals surface area contributed by atoms with Crippen LogP contribution in [-0.4, -0.2) is 19.6 Å². The predicted molar refractivity (Wildman–Crippen MR) is 59.1 cm³/mol. The van der Waals surface area contributed by atoms with Crippen LogP contribution in [0.5, 0.6) is 0 Å². The molecule has 2 aliphatic heterocycles. The number of halogens is 1. The van der Waals surface area contributed by atoms with Crippen molar-refractivity contribution >= 4 is 17.3 Å². The fourth-order valence-corrected chi connectivity index (χ4v) is 2.78. The minimum atomic E-state index is 0.333. The molecule has 0 unspecified atom stereocenters. The van der Waals surface area contributed by atoms with E-state index in [1.54, 1.807) is 0 Å². The Kier molecular flexibility index (Phi) is 1.76. The van der Waals surface area contributed by atoms with Crippen molar-refractivity contribution < 1.29 is 0 Å². The lowest BCUT2D eigenvalue weighted by atomic mass is 9.82. The molecule has 0 radical (unpaired) electrons. The SMILES string of the molecule is Clc1ccc2c(c1)NC[C@@]21CCNC1. The summed E-state index contributed by atoms with van der Waals surface area (Å²) < 4.78 is 0. The van der Waals surface area contributed by atoms with E-state index in [1.807, 2.05) is 12.1 Å². The first-order valence-electron chi connectivity index (χ1n) is 5.05. The second-order valence-electron chi connectivity index (χ2n) is 4.25. The second-order valence-corrected chi connectivity index (χ2v) is 4.69. The Hall–Kier alpha value is -0.730. The van der Waals surface area contributed by atoms with Gasteiger partial charge in [-0.1, -0.05) is 17.7 Å². The van der Waals surface area contributed by atoms with Gasteiger partial charge in [-0.2, -0.15) is 0 Å². The third-order valence-electron chi connectivity index (χ3n) is 3.41. The molecule has 1 saturated heterocycles. The normalized spacial score (nSPS) is 29.2. The lowest BCUT2D eigenvalue weighted by Crippen LogP contribution is -2.30. The monoisotopic (exact) mass is 208 g/mol. The molecule has 2 heterocycles. The average molecular weight is 209 g/mol. The molecule has 2 aliphatic rings. The summed E-state index contributed by atoms with van der Waals surface area (Å²) in [5, 5.41) is 7.71. The van der Waals surface area contributed by atoms with E-state index in [0.717, 1.165) is 24.7 Å². The van der Waals surface area contributed by atoms with Gasteiger partial charge >= 0.3 is 0 Å². The topological polar surface area (TPSA) is 24.1 Å². The summed E-state index contributed by atoms with van der Waals surface area (Å²) in [5.74, 6) is 0. The van der Waals surface area contributed by atoms with E-state index < -0.39 is 0 Å². The summed E-state index contributed by atoms with van der Waals surface area (Å²) in [5.41, 5.74) is 2.99. The van der Waals surface area contributed by atoms with Gasteiger partial charge in [0.2, 0.25) is 0 Å². The molecule has 0 amide bonds. The van der Waals surface area contributed by atoms with Crippen LogP contribution in [0.4, 0.5) is 5.69 Å². The highest BCUT2D eigenvalue weighted by atomic mass is 35.5. The number of hydrogen-bond acceptors (Lipinski definition) is 2. The molecule has 1 atom stereocenters.